The molecule has 0 bridgehead atoms. The molecule has 0 atom stereocenters. The van der Waals surface area contributed by atoms with Crippen LogP contribution in [0, 0.1) is 11.3 Å². The molecule has 318 valence electrons. The summed E-state index contributed by atoms with van der Waals surface area (Å²) in [5.41, 5.74) is 15.9. The minimum absolute atomic E-state index is 0.143. The van der Waals surface area contributed by atoms with E-state index < -0.39 is 0 Å². The number of aromatic nitrogens is 5. The van der Waals surface area contributed by atoms with Gasteiger partial charge in [0.15, 0.2) is 17.5 Å². The van der Waals surface area contributed by atoms with Crippen molar-refractivity contribution in [1.82, 2.24) is 24.1 Å². The second-order valence-electron chi connectivity index (χ2n) is 18.3. The molecule has 7 nitrogen and oxygen atoms in total. The van der Waals surface area contributed by atoms with Crippen molar-refractivity contribution in [3.63, 3.8) is 0 Å². The summed E-state index contributed by atoms with van der Waals surface area (Å²) in [7, 11) is 0. The Kier molecular flexibility index (Phi) is 7.97. The lowest BCUT2D eigenvalue weighted by molar-refractivity contribution is 0.660. The van der Waals surface area contributed by atoms with Crippen LogP contribution in [0.15, 0.2) is 199 Å². The smallest absolute Gasteiger partial charge is 0.164 e. The second kappa shape index (κ2) is 14.2. The lowest BCUT2D eigenvalue weighted by Crippen LogP contribution is -2.15. The van der Waals surface area contributed by atoms with E-state index in [4.69, 9.17) is 19.4 Å². The number of hydrogen-bond acceptors (Lipinski definition) is 5. The Morgan fingerprint density at radius 3 is 1.90 bits per heavy atom. The monoisotopic (exact) mass is 870 g/mol. The van der Waals surface area contributed by atoms with Crippen molar-refractivity contribution in [2.75, 3.05) is 0 Å². The van der Waals surface area contributed by atoms with Gasteiger partial charge in [0.2, 0.25) is 0 Å². The third kappa shape index (κ3) is 5.43. The van der Waals surface area contributed by atoms with Gasteiger partial charge in [0.1, 0.15) is 17.2 Å². The fourth-order valence-corrected chi connectivity index (χ4v) is 11.0. The van der Waals surface area contributed by atoms with Crippen LogP contribution >= 0.6 is 0 Å². The maximum absolute atomic E-state index is 11.2. The zero-order chi connectivity index (χ0) is 45.3. The van der Waals surface area contributed by atoms with E-state index in [2.05, 4.69) is 144 Å². The molecule has 0 unspecified atom stereocenters. The summed E-state index contributed by atoms with van der Waals surface area (Å²) in [6.45, 7) is 4.66. The molecule has 4 aromatic heterocycles. The van der Waals surface area contributed by atoms with Gasteiger partial charge >= 0.3 is 0 Å². The van der Waals surface area contributed by atoms with Crippen molar-refractivity contribution >= 4 is 65.6 Å². The molecular weight excluding hydrogens is 833 g/mol. The topological polar surface area (TPSA) is 85.5 Å². The summed E-state index contributed by atoms with van der Waals surface area (Å²) in [6, 6.07) is 70.1. The van der Waals surface area contributed by atoms with Crippen LogP contribution in [-0.2, 0) is 5.41 Å². The molecule has 13 aromatic rings. The quantitative estimate of drug-likeness (QED) is 0.172. The van der Waals surface area contributed by atoms with Gasteiger partial charge in [-0.3, -0.25) is 0 Å². The summed E-state index contributed by atoms with van der Waals surface area (Å²) < 4.78 is 10.9. The molecule has 0 fully saturated rings. The number of rotatable bonds is 5. The first-order valence-corrected chi connectivity index (χ1v) is 22.9. The highest BCUT2D eigenvalue weighted by molar-refractivity contribution is 6.26. The van der Waals surface area contributed by atoms with Crippen LogP contribution in [0.3, 0.4) is 0 Å². The SMILES string of the molecule is CC1(C)c2ccccc2-c2ccc(-n3c4ccccc4c4c3ccc3c5ccccc5n(-c5ccc(-c6nc(-c7ccccc7)nc(-c7ccc8oc9ccccc9c8c7)n6)cc5C#N)c34)cc21. The number of hydrogen-bond donors (Lipinski definition) is 0. The lowest BCUT2D eigenvalue weighted by Gasteiger charge is -2.22. The maximum atomic E-state index is 11.2. The summed E-state index contributed by atoms with van der Waals surface area (Å²) in [5, 5.41) is 17.7. The Hall–Kier alpha value is -9.12. The molecule has 0 radical (unpaired) electrons. The molecule has 7 heteroatoms. The highest BCUT2D eigenvalue weighted by atomic mass is 16.3. The van der Waals surface area contributed by atoms with Crippen molar-refractivity contribution in [1.29, 1.82) is 5.26 Å². The van der Waals surface area contributed by atoms with E-state index in [-0.39, 0.29) is 5.41 Å². The number of fused-ring (bicyclic) bond motifs is 13. The molecule has 1 aliphatic rings. The van der Waals surface area contributed by atoms with Gasteiger partial charge in [0.05, 0.1) is 33.3 Å². The van der Waals surface area contributed by atoms with Crippen LogP contribution in [0.25, 0.3) is 122 Å². The zero-order valence-electron chi connectivity index (χ0n) is 37.1. The molecule has 1 aliphatic carbocycles. The molecule has 0 aliphatic heterocycles. The third-order valence-corrected chi connectivity index (χ3v) is 14.2. The molecule has 0 saturated carbocycles. The van der Waals surface area contributed by atoms with Crippen LogP contribution in [0.2, 0.25) is 0 Å². The summed E-state index contributed by atoms with van der Waals surface area (Å²) in [4.78, 5) is 15.2. The molecule has 0 saturated heterocycles. The van der Waals surface area contributed by atoms with Crippen LogP contribution in [0.5, 0.6) is 0 Å². The lowest BCUT2D eigenvalue weighted by atomic mass is 9.82. The molecule has 4 heterocycles. The van der Waals surface area contributed by atoms with E-state index in [1.807, 2.05) is 78.9 Å². The van der Waals surface area contributed by atoms with Gasteiger partial charge in [-0.15, -0.1) is 0 Å². The average molecular weight is 871 g/mol. The van der Waals surface area contributed by atoms with Gasteiger partial charge in [-0.25, -0.2) is 15.0 Å². The van der Waals surface area contributed by atoms with Crippen LogP contribution in [0.4, 0.5) is 0 Å². The van der Waals surface area contributed by atoms with Crippen molar-refractivity contribution in [3.8, 4) is 62.7 Å². The van der Waals surface area contributed by atoms with Crippen LogP contribution in [0.1, 0.15) is 30.5 Å². The number of nitrogens with zero attached hydrogens (tertiary/aromatic N) is 6. The van der Waals surface area contributed by atoms with Crippen LogP contribution < -0.4 is 0 Å². The van der Waals surface area contributed by atoms with Gasteiger partial charge in [-0.1, -0.05) is 135 Å². The third-order valence-electron chi connectivity index (χ3n) is 14.2. The van der Waals surface area contributed by atoms with E-state index in [0.717, 1.165) is 88.1 Å². The van der Waals surface area contributed by atoms with Gasteiger partial charge in [-0.05, 0) is 95.1 Å². The predicted octanol–water partition coefficient (Wildman–Crippen LogP) is 15.1. The minimum Gasteiger partial charge on any atom is -0.456 e. The Bertz CT molecular complexity index is 4320. The molecule has 68 heavy (non-hydrogen) atoms. The highest BCUT2D eigenvalue weighted by Gasteiger charge is 2.35. The van der Waals surface area contributed by atoms with Gasteiger partial charge < -0.3 is 13.6 Å². The Balaban J connectivity index is 0.971. The molecule has 0 spiro atoms. The summed E-state index contributed by atoms with van der Waals surface area (Å²) in [5.74, 6) is 1.55. The number of nitriles is 1. The standard InChI is InChI=1S/C61H38N6O/c1-61(2)48-20-10-6-16-41(48)42-27-26-40(34-49(42)61)66-52-22-12-8-19-46(52)56-53(66)30-28-45-43-17-7-11-21-51(43)67(57(45)56)50-29-24-37(32-39(50)35-62)59-63-58(36-14-4-3-5-15-36)64-60(65-59)38-25-31-55-47(33-38)44-18-9-13-23-54(44)68-55/h3-34H,1-2H3. The van der Waals surface area contributed by atoms with E-state index >= 15 is 0 Å². The fourth-order valence-electron chi connectivity index (χ4n) is 11.0. The zero-order valence-corrected chi connectivity index (χ0v) is 37.1. The van der Waals surface area contributed by atoms with Crippen molar-refractivity contribution in [2.24, 2.45) is 0 Å². The first kappa shape index (κ1) is 38.2. The summed E-state index contributed by atoms with van der Waals surface area (Å²) >= 11 is 0. The van der Waals surface area contributed by atoms with Gasteiger partial charge in [-0.2, -0.15) is 5.26 Å². The normalized spacial score (nSPS) is 13.0. The van der Waals surface area contributed by atoms with E-state index in [1.165, 1.54) is 22.3 Å². The van der Waals surface area contributed by atoms with E-state index in [9.17, 15) is 5.26 Å². The number of benzene rings is 9. The Labute approximate surface area is 390 Å². The molecule has 9 aromatic carbocycles. The molecular formula is C61H38N6O. The fraction of sp³-hybridized carbons (Fsp3) is 0.0492. The maximum Gasteiger partial charge on any atom is 0.164 e. The predicted molar refractivity (Wildman–Crippen MR) is 274 cm³/mol. The Morgan fingerprint density at radius 1 is 0.456 bits per heavy atom. The van der Waals surface area contributed by atoms with Crippen molar-refractivity contribution in [3.05, 3.63) is 211 Å². The number of para-hydroxylation sites is 3. The highest BCUT2D eigenvalue weighted by Crippen LogP contribution is 2.50. The minimum atomic E-state index is -0.143. The van der Waals surface area contributed by atoms with Gasteiger partial charge in [0.25, 0.3) is 0 Å². The Morgan fingerprint density at radius 2 is 1.09 bits per heavy atom. The molecule has 0 amide bonds. The van der Waals surface area contributed by atoms with E-state index in [1.54, 1.807) is 0 Å². The van der Waals surface area contributed by atoms with Crippen molar-refractivity contribution in [2.45, 2.75) is 19.3 Å². The number of furan rings is 1. The second-order valence-corrected chi connectivity index (χ2v) is 18.3. The average Bonchev–Trinajstić information content (AvgIpc) is 4.11. The van der Waals surface area contributed by atoms with Crippen LogP contribution in [-0.4, -0.2) is 24.1 Å². The first-order chi connectivity index (χ1) is 33.4. The summed E-state index contributed by atoms with van der Waals surface area (Å²) in [6.07, 6.45) is 0. The molecule has 14 rings (SSSR count). The largest absolute Gasteiger partial charge is 0.456 e. The van der Waals surface area contributed by atoms with Crippen molar-refractivity contribution < 1.29 is 4.42 Å². The van der Waals surface area contributed by atoms with E-state index in [0.29, 0.717) is 28.6 Å². The van der Waals surface area contributed by atoms with Gasteiger partial charge in [0, 0.05) is 60.1 Å². The molecule has 0 N–H and O–H groups in total. The first-order valence-electron chi connectivity index (χ1n) is 22.9.